The second-order valence-corrected chi connectivity index (χ2v) is 9.07. The van der Waals surface area contributed by atoms with Crippen molar-refractivity contribution in [2.75, 3.05) is 11.1 Å². The maximum absolute atomic E-state index is 12.2. The highest BCUT2D eigenvalue weighted by Crippen LogP contribution is 2.31. The zero-order chi connectivity index (χ0) is 19.4. The third-order valence-corrected chi connectivity index (χ3v) is 7.00. The molecule has 0 saturated heterocycles. The van der Waals surface area contributed by atoms with Crippen molar-refractivity contribution in [3.63, 3.8) is 0 Å². The van der Waals surface area contributed by atoms with Gasteiger partial charge in [-0.2, -0.15) is 0 Å². The van der Waals surface area contributed by atoms with Crippen LogP contribution in [0.5, 0.6) is 0 Å². The topological polar surface area (TPSA) is 85.6 Å². The maximum Gasteiger partial charge on any atom is 0.236 e. The van der Waals surface area contributed by atoms with Gasteiger partial charge in [0.15, 0.2) is 11.0 Å². The van der Waals surface area contributed by atoms with E-state index in [4.69, 9.17) is 0 Å². The molecule has 27 heavy (non-hydrogen) atoms. The van der Waals surface area contributed by atoms with Gasteiger partial charge >= 0.3 is 0 Å². The molecule has 0 bridgehead atoms. The van der Waals surface area contributed by atoms with Crippen molar-refractivity contribution >= 4 is 45.5 Å². The average Bonchev–Trinajstić information content (AvgIpc) is 3.35. The second kappa shape index (κ2) is 8.94. The Hall–Kier alpha value is -1.78. The van der Waals surface area contributed by atoms with E-state index in [0.717, 1.165) is 40.9 Å². The number of anilines is 1. The summed E-state index contributed by atoms with van der Waals surface area (Å²) in [5.41, 5.74) is 2.36. The standard InChI is InChI=1S/C17H22N6OS3/c1-5-7-23-15(12-8-25-11(4)10(12)3)20-22-17(23)26-9-13(24)18-16-21-19-14(6-2)27-16/h8H,5-7,9H2,1-4H3,(H,18,21,24). The predicted octanol–water partition coefficient (Wildman–Crippen LogP) is 4.18. The third kappa shape index (κ3) is 4.56. The van der Waals surface area contributed by atoms with Crippen LogP contribution in [0.4, 0.5) is 5.13 Å². The first-order valence-electron chi connectivity index (χ1n) is 8.76. The minimum atomic E-state index is -0.117. The maximum atomic E-state index is 12.2. The Morgan fingerprint density at radius 2 is 2.04 bits per heavy atom. The molecule has 3 heterocycles. The van der Waals surface area contributed by atoms with Gasteiger partial charge in [-0.3, -0.25) is 10.1 Å². The molecule has 3 rings (SSSR count). The molecule has 0 aliphatic heterocycles. The van der Waals surface area contributed by atoms with Gasteiger partial charge in [-0.15, -0.1) is 31.7 Å². The molecule has 144 valence electrons. The van der Waals surface area contributed by atoms with E-state index in [0.29, 0.717) is 5.13 Å². The normalized spacial score (nSPS) is 11.1. The number of hydrogen-bond donors (Lipinski definition) is 1. The van der Waals surface area contributed by atoms with Gasteiger partial charge in [0.25, 0.3) is 0 Å². The van der Waals surface area contributed by atoms with Crippen LogP contribution in [0.15, 0.2) is 10.5 Å². The van der Waals surface area contributed by atoms with E-state index in [9.17, 15) is 4.79 Å². The van der Waals surface area contributed by atoms with Crippen LogP contribution >= 0.6 is 34.4 Å². The van der Waals surface area contributed by atoms with Crippen LogP contribution < -0.4 is 5.32 Å². The van der Waals surface area contributed by atoms with Crippen LogP contribution in [-0.2, 0) is 17.8 Å². The van der Waals surface area contributed by atoms with Crippen LogP contribution in [-0.4, -0.2) is 36.6 Å². The number of nitrogens with zero attached hydrogens (tertiary/aromatic N) is 5. The van der Waals surface area contributed by atoms with E-state index >= 15 is 0 Å². The Morgan fingerprint density at radius 1 is 1.22 bits per heavy atom. The highest BCUT2D eigenvalue weighted by molar-refractivity contribution is 7.99. The molecule has 1 amide bonds. The minimum absolute atomic E-state index is 0.117. The molecule has 0 aromatic carbocycles. The summed E-state index contributed by atoms with van der Waals surface area (Å²) >= 11 is 4.52. The number of nitrogens with one attached hydrogen (secondary N) is 1. The van der Waals surface area contributed by atoms with E-state index in [1.54, 1.807) is 11.3 Å². The fourth-order valence-corrected chi connectivity index (χ4v) is 4.81. The lowest BCUT2D eigenvalue weighted by molar-refractivity contribution is -0.113. The van der Waals surface area contributed by atoms with Crippen molar-refractivity contribution in [3.8, 4) is 11.4 Å². The molecule has 3 aromatic rings. The third-order valence-electron chi connectivity index (χ3n) is 4.04. The molecule has 0 spiro atoms. The first-order chi connectivity index (χ1) is 13.0. The molecule has 0 radical (unpaired) electrons. The number of aromatic nitrogens is 5. The Bertz CT molecular complexity index is 929. The SMILES string of the molecule is CCCn1c(SCC(=O)Nc2nnc(CC)s2)nnc1-c1csc(C)c1C. The van der Waals surface area contributed by atoms with Gasteiger partial charge in [0.05, 0.1) is 5.75 Å². The molecule has 0 aliphatic carbocycles. The molecule has 0 unspecified atom stereocenters. The van der Waals surface area contributed by atoms with Crippen LogP contribution in [0.3, 0.4) is 0 Å². The van der Waals surface area contributed by atoms with Gasteiger partial charge in [-0.05, 0) is 32.3 Å². The van der Waals surface area contributed by atoms with Gasteiger partial charge in [0.1, 0.15) is 5.01 Å². The van der Waals surface area contributed by atoms with Crippen LogP contribution in [0.2, 0.25) is 0 Å². The van der Waals surface area contributed by atoms with Gasteiger partial charge in [0.2, 0.25) is 11.0 Å². The molecule has 10 heteroatoms. The lowest BCUT2D eigenvalue weighted by Crippen LogP contribution is -2.14. The fraction of sp³-hybridized carbons (Fsp3) is 0.471. The van der Waals surface area contributed by atoms with E-state index in [1.165, 1.54) is 33.5 Å². The number of rotatable bonds is 8. The number of thiophene rings is 1. The van der Waals surface area contributed by atoms with Crippen molar-refractivity contribution in [1.29, 1.82) is 0 Å². The Balaban J connectivity index is 1.71. The molecular weight excluding hydrogens is 400 g/mol. The molecule has 7 nitrogen and oxygen atoms in total. The average molecular weight is 423 g/mol. The van der Waals surface area contributed by atoms with Crippen molar-refractivity contribution in [3.05, 3.63) is 20.8 Å². The number of amides is 1. The van der Waals surface area contributed by atoms with Crippen molar-refractivity contribution in [2.24, 2.45) is 0 Å². The molecule has 3 aromatic heterocycles. The van der Waals surface area contributed by atoms with Gasteiger partial charge in [-0.1, -0.05) is 36.9 Å². The van der Waals surface area contributed by atoms with E-state index < -0.39 is 0 Å². The highest BCUT2D eigenvalue weighted by Gasteiger charge is 2.18. The summed E-state index contributed by atoms with van der Waals surface area (Å²) in [4.78, 5) is 13.5. The summed E-state index contributed by atoms with van der Waals surface area (Å²) < 4.78 is 2.10. The molecule has 0 saturated carbocycles. The summed E-state index contributed by atoms with van der Waals surface area (Å²) in [7, 11) is 0. The van der Waals surface area contributed by atoms with E-state index in [1.807, 2.05) is 6.92 Å². The summed E-state index contributed by atoms with van der Waals surface area (Å²) in [6, 6.07) is 0. The van der Waals surface area contributed by atoms with Crippen LogP contribution in [0, 0.1) is 13.8 Å². The number of carbonyl (C=O) groups excluding carboxylic acids is 1. The van der Waals surface area contributed by atoms with Gasteiger partial charge in [-0.25, -0.2) is 0 Å². The summed E-state index contributed by atoms with van der Waals surface area (Å²) in [6.07, 6.45) is 1.78. The summed E-state index contributed by atoms with van der Waals surface area (Å²) in [5.74, 6) is 1.01. The van der Waals surface area contributed by atoms with Crippen LogP contribution in [0.1, 0.15) is 35.7 Å². The number of hydrogen-bond acceptors (Lipinski definition) is 8. The van der Waals surface area contributed by atoms with Gasteiger partial charge in [0, 0.05) is 22.4 Å². The lowest BCUT2D eigenvalue weighted by atomic mass is 10.1. The molecule has 1 N–H and O–H groups in total. The van der Waals surface area contributed by atoms with Crippen LogP contribution in [0.25, 0.3) is 11.4 Å². The molecule has 0 atom stereocenters. The predicted molar refractivity (Wildman–Crippen MR) is 112 cm³/mol. The number of thioether (sulfide) groups is 1. The largest absolute Gasteiger partial charge is 0.302 e. The Labute approximate surface area is 170 Å². The number of carbonyl (C=O) groups is 1. The smallest absolute Gasteiger partial charge is 0.236 e. The van der Waals surface area contributed by atoms with Crippen molar-refractivity contribution in [2.45, 2.75) is 52.2 Å². The fourth-order valence-electron chi connectivity index (χ4n) is 2.49. The second-order valence-electron chi connectivity index (χ2n) is 5.98. The zero-order valence-electron chi connectivity index (χ0n) is 15.8. The van der Waals surface area contributed by atoms with Crippen molar-refractivity contribution < 1.29 is 4.79 Å². The summed E-state index contributed by atoms with van der Waals surface area (Å²) in [6.45, 7) is 9.17. The number of aryl methyl sites for hydroxylation is 2. The minimum Gasteiger partial charge on any atom is -0.302 e. The first kappa shape index (κ1) is 20.0. The Morgan fingerprint density at radius 3 is 2.67 bits per heavy atom. The first-order valence-corrected chi connectivity index (χ1v) is 11.4. The Kier molecular flexibility index (Phi) is 6.61. The lowest BCUT2D eigenvalue weighted by Gasteiger charge is -2.08. The molecular formula is C17H22N6OS3. The summed E-state index contributed by atoms with van der Waals surface area (Å²) in [5, 5.41) is 23.9. The van der Waals surface area contributed by atoms with E-state index in [-0.39, 0.29) is 11.7 Å². The molecule has 0 fully saturated rings. The zero-order valence-corrected chi connectivity index (χ0v) is 18.2. The van der Waals surface area contributed by atoms with Crippen molar-refractivity contribution in [1.82, 2.24) is 25.0 Å². The highest BCUT2D eigenvalue weighted by atomic mass is 32.2. The monoisotopic (exact) mass is 422 g/mol. The molecule has 0 aliphatic rings. The van der Waals surface area contributed by atoms with E-state index in [2.05, 4.69) is 56.4 Å². The van der Waals surface area contributed by atoms with Gasteiger partial charge < -0.3 is 4.57 Å². The quantitative estimate of drug-likeness (QED) is 0.548.